The van der Waals surface area contributed by atoms with Gasteiger partial charge in [0.05, 0.1) is 13.2 Å². The van der Waals surface area contributed by atoms with Crippen molar-refractivity contribution in [3.63, 3.8) is 0 Å². The highest BCUT2D eigenvalue weighted by Gasteiger charge is 2.27. The van der Waals surface area contributed by atoms with Crippen LogP contribution in [0.25, 0.3) is 0 Å². The first-order valence-corrected chi connectivity index (χ1v) is 7.02. The van der Waals surface area contributed by atoms with E-state index in [1.807, 2.05) is 27.7 Å². The zero-order valence-corrected chi connectivity index (χ0v) is 13.7. The number of rotatable bonds is 5. The highest BCUT2D eigenvalue weighted by molar-refractivity contribution is 5.95. The normalized spacial score (nSPS) is 12.5. The maximum Gasteiger partial charge on any atom is 0.343 e. The number of esters is 1. The summed E-state index contributed by atoms with van der Waals surface area (Å²) in [6, 6.07) is 4.52. The van der Waals surface area contributed by atoms with Crippen LogP contribution >= 0.6 is 0 Å². The number of nitrogens with one attached hydrogen (secondary N) is 1. The van der Waals surface area contributed by atoms with Crippen molar-refractivity contribution in [3.05, 3.63) is 23.8 Å². The van der Waals surface area contributed by atoms with Gasteiger partial charge in [0.2, 0.25) is 5.91 Å². The molecule has 0 aliphatic rings. The lowest BCUT2D eigenvalue weighted by atomic mass is 9.87. The summed E-state index contributed by atoms with van der Waals surface area (Å²) in [5, 5.41) is 2.81. The number of nitrogens with two attached hydrogens (primary N) is 1. The van der Waals surface area contributed by atoms with Gasteiger partial charge in [-0.1, -0.05) is 20.8 Å². The van der Waals surface area contributed by atoms with E-state index in [1.54, 1.807) is 18.2 Å². The smallest absolute Gasteiger partial charge is 0.343 e. The molecular formula is C16H24N2O4. The molecule has 6 nitrogen and oxygen atoms in total. The first kappa shape index (κ1) is 18.0. The molecule has 0 aromatic heterocycles. The number of carbonyl (C=O) groups excluding carboxylic acids is 2. The molecule has 22 heavy (non-hydrogen) atoms. The first-order valence-electron chi connectivity index (χ1n) is 7.02. The van der Waals surface area contributed by atoms with Crippen molar-refractivity contribution in [1.82, 2.24) is 0 Å². The molecule has 0 unspecified atom stereocenters. The lowest BCUT2D eigenvalue weighted by Gasteiger charge is -2.26. The summed E-state index contributed by atoms with van der Waals surface area (Å²) in [6.07, 6.45) is 0. The fourth-order valence-electron chi connectivity index (χ4n) is 1.67. The van der Waals surface area contributed by atoms with Gasteiger partial charge in [-0.25, -0.2) is 4.79 Å². The highest BCUT2D eigenvalue weighted by atomic mass is 16.6. The highest BCUT2D eigenvalue weighted by Crippen LogP contribution is 2.23. The number of aryl methyl sites for hydroxylation is 1. The summed E-state index contributed by atoms with van der Waals surface area (Å²) in [5.74, 6) is -0.161. The van der Waals surface area contributed by atoms with Crippen LogP contribution in [0.4, 0.5) is 5.69 Å². The van der Waals surface area contributed by atoms with Crippen molar-refractivity contribution in [2.24, 2.45) is 11.1 Å². The first-order chi connectivity index (χ1) is 10.1. The van der Waals surface area contributed by atoms with E-state index >= 15 is 0 Å². The van der Waals surface area contributed by atoms with E-state index in [1.165, 1.54) is 7.11 Å². The van der Waals surface area contributed by atoms with Crippen LogP contribution < -0.4 is 15.8 Å². The number of benzene rings is 1. The second-order valence-electron chi connectivity index (χ2n) is 6.17. The maximum atomic E-state index is 12.1. The molecule has 0 saturated heterocycles. The molecule has 3 N–H and O–H groups in total. The third-order valence-corrected chi connectivity index (χ3v) is 3.26. The minimum Gasteiger partial charge on any atom is -0.482 e. The van der Waals surface area contributed by atoms with Crippen LogP contribution in [0.3, 0.4) is 0 Å². The van der Waals surface area contributed by atoms with Crippen molar-refractivity contribution in [3.8, 4) is 5.75 Å². The number of methoxy groups -OCH3 is 1. The molecule has 0 aliphatic carbocycles. The molecule has 1 aromatic carbocycles. The maximum absolute atomic E-state index is 12.1. The number of hydrogen-bond acceptors (Lipinski definition) is 5. The van der Waals surface area contributed by atoms with Gasteiger partial charge in [-0.05, 0) is 36.1 Å². The zero-order chi connectivity index (χ0) is 16.9. The topological polar surface area (TPSA) is 90.6 Å². The van der Waals surface area contributed by atoms with Gasteiger partial charge < -0.3 is 20.5 Å². The van der Waals surface area contributed by atoms with E-state index in [0.29, 0.717) is 11.4 Å². The van der Waals surface area contributed by atoms with Crippen LogP contribution in [0.1, 0.15) is 26.3 Å². The summed E-state index contributed by atoms with van der Waals surface area (Å²) >= 11 is 0. The minimum absolute atomic E-state index is 0.156. The largest absolute Gasteiger partial charge is 0.482 e. The Morgan fingerprint density at radius 1 is 1.32 bits per heavy atom. The van der Waals surface area contributed by atoms with Crippen molar-refractivity contribution in [1.29, 1.82) is 0 Å². The van der Waals surface area contributed by atoms with Crippen molar-refractivity contribution >= 4 is 17.6 Å². The van der Waals surface area contributed by atoms with E-state index in [2.05, 4.69) is 10.1 Å². The van der Waals surface area contributed by atoms with E-state index in [-0.39, 0.29) is 17.9 Å². The van der Waals surface area contributed by atoms with Gasteiger partial charge in [0.25, 0.3) is 0 Å². The number of hydrogen-bond donors (Lipinski definition) is 2. The van der Waals surface area contributed by atoms with Gasteiger partial charge in [-0.2, -0.15) is 0 Å². The fraction of sp³-hybridized carbons (Fsp3) is 0.500. The average Bonchev–Trinajstić information content (AvgIpc) is 2.45. The van der Waals surface area contributed by atoms with Crippen LogP contribution in [0.15, 0.2) is 18.2 Å². The molecule has 1 amide bonds. The van der Waals surface area contributed by atoms with Crippen molar-refractivity contribution in [2.75, 3.05) is 19.0 Å². The number of ether oxygens (including phenoxy) is 2. The predicted octanol–water partition coefficient (Wildman–Crippen LogP) is 1.86. The van der Waals surface area contributed by atoms with Gasteiger partial charge in [0.15, 0.2) is 6.61 Å². The van der Waals surface area contributed by atoms with E-state index < -0.39 is 12.0 Å². The predicted molar refractivity (Wildman–Crippen MR) is 84.8 cm³/mol. The molecule has 0 radical (unpaired) electrons. The third-order valence-electron chi connectivity index (χ3n) is 3.26. The minimum atomic E-state index is -0.609. The van der Waals surface area contributed by atoms with Crippen LogP contribution in [0, 0.1) is 12.3 Å². The SMILES string of the molecule is COC(=O)COc1ccc(NC(=O)[C@@H](N)C(C)(C)C)c(C)c1. The summed E-state index contributed by atoms with van der Waals surface area (Å²) in [6.45, 7) is 7.41. The Morgan fingerprint density at radius 2 is 1.95 bits per heavy atom. The second-order valence-corrected chi connectivity index (χ2v) is 6.17. The average molecular weight is 308 g/mol. The monoisotopic (exact) mass is 308 g/mol. The molecule has 0 heterocycles. The summed E-state index contributed by atoms with van der Waals surface area (Å²) in [4.78, 5) is 23.2. The van der Waals surface area contributed by atoms with Crippen molar-refractivity contribution < 1.29 is 19.1 Å². The Kier molecular flexibility index (Phi) is 5.93. The van der Waals surface area contributed by atoms with Crippen LogP contribution in [0.5, 0.6) is 5.75 Å². The number of anilines is 1. The summed E-state index contributed by atoms with van der Waals surface area (Å²) < 4.78 is 9.79. The Bertz CT molecular complexity index is 550. The Morgan fingerprint density at radius 3 is 2.45 bits per heavy atom. The van der Waals surface area contributed by atoms with E-state index in [0.717, 1.165) is 5.56 Å². The zero-order valence-electron chi connectivity index (χ0n) is 13.7. The third kappa shape index (κ3) is 5.04. The lowest BCUT2D eigenvalue weighted by Crippen LogP contribution is -2.45. The van der Waals surface area contributed by atoms with Crippen LogP contribution in [-0.4, -0.2) is 31.6 Å². The molecule has 1 atom stereocenters. The summed E-state index contributed by atoms with van der Waals surface area (Å²) in [7, 11) is 1.30. The molecule has 122 valence electrons. The second kappa shape index (κ2) is 7.26. The molecule has 0 aliphatic heterocycles. The van der Waals surface area contributed by atoms with Gasteiger partial charge >= 0.3 is 5.97 Å². The fourth-order valence-corrected chi connectivity index (χ4v) is 1.67. The van der Waals surface area contributed by atoms with E-state index in [4.69, 9.17) is 10.5 Å². The van der Waals surface area contributed by atoms with Gasteiger partial charge in [0.1, 0.15) is 5.75 Å². The molecule has 1 aromatic rings. The molecule has 6 heteroatoms. The number of amides is 1. The van der Waals surface area contributed by atoms with Crippen LogP contribution in [-0.2, 0) is 14.3 Å². The molecular weight excluding hydrogens is 284 g/mol. The van der Waals surface area contributed by atoms with Gasteiger partial charge in [-0.15, -0.1) is 0 Å². The Balaban J connectivity index is 2.74. The van der Waals surface area contributed by atoms with Gasteiger partial charge in [-0.3, -0.25) is 4.79 Å². The van der Waals surface area contributed by atoms with Crippen LogP contribution in [0.2, 0.25) is 0 Å². The molecule has 1 rings (SSSR count). The molecule has 0 bridgehead atoms. The van der Waals surface area contributed by atoms with Gasteiger partial charge in [0, 0.05) is 5.69 Å². The molecule has 0 fully saturated rings. The van der Waals surface area contributed by atoms with Crippen molar-refractivity contribution in [2.45, 2.75) is 33.7 Å². The standard InChI is InChI=1S/C16H24N2O4/c1-10-8-11(22-9-13(19)21-5)6-7-12(10)18-15(20)14(17)16(2,3)4/h6-8,14H,9,17H2,1-5H3,(H,18,20)/t14-/m1/s1. The molecule has 0 spiro atoms. The quantitative estimate of drug-likeness (QED) is 0.810. The Hall–Kier alpha value is -2.08. The Labute approximate surface area is 131 Å². The van der Waals surface area contributed by atoms with E-state index in [9.17, 15) is 9.59 Å². The number of carbonyl (C=O) groups is 2. The summed E-state index contributed by atoms with van der Waals surface area (Å²) in [5.41, 5.74) is 7.09. The lowest BCUT2D eigenvalue weighted by molar-refractivity contribution is -0.142. The molecule has 0 saturated carbocycles.